The van der Waals surface area contributed by atoms with Gasteiger partial charge in [-0.05, 0) is 0 Å². The number of carboxylic acid groups (broad SMARTS) is 2. The van der Waals surface area contributed by atoms with Crippen LogP contribution in [0.1, 0.15) is 20.7 Å². The highest BCUT2D eigenvalue weighted by Gasteiger charge is 2.31. The molecule has 1 aromatic heterocycles. The fourth-order valence-corrected chi connectivity index (χ4v) is 3.15. The lowest BCUT2D eigenvalue weighted by Gasteiger charge is -2.18. The number of carbonyl (C=O) groups is 2. The largest absolute Gasteiger partial charge is 0.493 e. The molecule has 0 radical (unpaired) electrons. The number of aromatic amines is 1. The Balaban J connectivity index is 3.13. The molecule has 2 aromatic rings. The smallest absolute Gasteiger partial charge is 0.342 e. The lowest BCUT2D eigenvalue weighted by molar-refractivity contribution is 0.0695. The van der Waals surface area contributed by atoms with Gasteiger partial charge < -0.3 is 30.4 Å². The van der Waals surface area contributed by atoms with E-state index in [0.29, 0.717) is 0 Å². The van der Waals surface area contributed by atoms with Crippen molar-refractivity contribution in [3.63, 3.8) is 0 Å². The molecule has 0 atom stereocenters. The zero-order chi connectivity index (χ0) is 19.8. The number of benzene rings is 1. The number of carboxylic acids is 2. The van der Waals surface area contributed by atoms with Crippen LogP contribution >= 0.6 is 23.2 Å². The number of hydrogen-bond acceptors (Lipinski definition) is 6. The summed E-state index contributed by atoms with van der Waals surface area (Å²) in [5.41, 5.74) is 2.14. The molecule has 0 amide bonds. The minimum Gasteiger partial charge on any atom is -0.493 e. The van der Waals surface area contributed by atoms with Crippen molar-refractivity contribution in [3.05, 3.63) is 37.6 Å². The maximum Gasteiger partial charge on any atom is 0.342 e. The summed E-state index contributed by atoms with van der Waals surface area (Å²) in [4.78, 5) is 37.4. The number of nitrogens with one attached hydrogen (secondary N) is 1. The van der Waals surface area contributed by atoms with Crippen molar-refractivity contribution in [2.24, 2.45) is 0 Å². The van der Waals surface area contributed by atoms with Gasteiger partial charge in [0.1, 0.15) is 16.9 Å². The molecular weight excluding hydrogens is 391 g/mol. The highest BCUT2D eigenvalue weighted by molar-refractivity contribution is 6.41. The molecular formula is C15H12Cl2N2O7. The third-order valence-electron chi connectivity index (χ3n) is 3.49. The predicted octanol–water partition coefficient (Wildman–Crippen LogP) is 2.34. The van der Waals surface area contributed by atoms with Crippen molar-refractivity contribution in [1.29, 1.82) is 0 Å². The molecule has 9 nitrogen and oxygen atoms in total. The second-order valence-electron chi connectivity index (χ2n) is 4.89. The van der Waals surface area contributed by atoms with Crippen LogP contribution in [0.15, 0.2) is 10.9 Å². The lowest BCUT2D eigenvalue weighted by atomic mass is 9.95. The average molecular weight is 403 g/mol. The zero-order valence-electron chi connectivity index (χ0n) is 13.3. The summed E-state index contributed by atoms with van der Waals surface area (Å²) in [5, 5.41) is 18.5. The van der Waals surface area contributed by atoms with Crippen LogP contribution in [0.2, 0.25) is 10.0 Å². The first-order valence-electron chi connectivity index (χ1n) is 6.78. The number of pyridine rings is 1. The number of methoxy groups -OCH3 is 2. The second-order valence-corrected chi connectivity index (χ2v) is 5.67. The number of hydrogen-bond donors (Lipinski definition) is 4. The Morgan fingerprint density at radius 3 is 2.12 bits per heavy atom. The molecule has 1 heterocycles. The Kier molecular flexibility index (Phi) is 5.33. The van der Waals surface area contributed by atoms with Gasteiger partial charge in [-0.2, -0.15) is 0 Å². The first-order chi connectivity index (χ1) is 12.1. The van der Waals surface area contributed by atoms with Gasteiger partial charge in [-0.15, -0.1) is 0 Å². The van der Waals surface area contributed by atoms with E-state index in [4.69, 9.17) is 38.4 Å². The molecule has 11 heteroatoms. The number of nitrogen functional groups attached to an aromatic ring is 1. The van der Waals surface area contributed by atoms with Gasteiger partial charge in [0.2, 0.25) is 0 Å². The van der Waals surface area contributed by atoms with Crippen molar-refractivity contribution in [2.75, 3.05) is 20.0 Å². The Hall–Kier alpha value is -2.91. The molecule has 0 spiro atoms. The summed E-state index contributed by atoms with van der Waals surface area (Å²) in [6.45, 7) is 0. The van der Waals surface area contributed by atoms with Crippen LogP contribution in [0.25, 0.3) is 11.1 Å². The Morgan fingerprint density at radius 1 is 1.08 bits per heavy atom. The Bertz CT molecular complexity index is 985. The molecule has 5 N–H and O–H groups in total. The highest BCUT2D eigenvalue weighted by Crippen LogP contribution is 2.48. The van der Waals surface area contributed by atoms with E-state index in [1.54, 1.807) is 0 Å². The van der Waals surface area contributed by atoms with E-state index in [1.165, 1.54) is 20.3 Å². The number of H-pyrrole nitrogens is 1. The molecule has 0 fully saturated rings. The van der Waals surface area contributed by atoms with E-state index < -0.39 is 40.0 Å². The Morgan fingerprint density at radius 2 is 1.65 bits per heavy atom. The van der Waals surface area contributed by atoms with Crippen molar-refractivity contribution in [2.45, 2.75) is 0 Å². The van der Waals surface area contributed by atoms with Crippen molar-refractivity contribution in [1.82, 2.24) is 4.98 Å². The normalized spacial score (nSPS) is 10.5. The maximum absolute atomic E-state index is 12.1. The van der Waals surface area contributed by atoms with E-state index in [9.17, 15) is 24.6 Å². The molecule has 0 unspecified atom stereocenters. The molecule has 0 saturated carbocycles. The minimum absolute atomic E-state index is 0.0277. The van der Waals surface area contributed by atoms with Crippen molar-refractivity contribution < 1.29 is 29.3 Å². The van der Waals surface area contributed by atoms with E-state index in [0.717, 1.165) is 0 Å². The molecule has 138 valence electrons. The van der Waals surface area contributed by atoms with E-state index >= 15 is 0 Å². The number of nitrogens with two attached hydrogens (primary N) is 1. The summed E-state index contributed by atoms with van der Waals surface area (Å²) in [5.74, 6) is -3.73. The Labute approximate surface area is 155 Å². The fraction of sp³-hybridized carbons (Fsp3) is 0.133. The van der Waals surface area contributed by atoms with Gasteiger partial charge in [0, 0.05) is 17.2 Å². The summed E-state index contributed by atoms with van der Waals surface area (Å²) in [6.07, 6.45) is 0. The maximum atomic E-state index is 12.1. The van der Waals surface area contributed by atoms with Gasteiger partial charge in [0.05, 0.1) is 24.3 Å². The van der Waals surface area contributed by atoms with Gasteiger partial charge in [-0.3, -0.25) is 4.79 Å². The lowest BCUT2D eigenvalue weighted by Crippen LogP contribution is -2.24. The standard InChI is InChI=1S/C15H12Cl2N2O7/c1-25-5-3-4(16)6(10(17)11(5)26-2)7-8(14(21)22)12(18)19-13(20)9(7)15(23)24/h3H,1-2H3,(H,21,22)(H,23,24)(H3,18,19,20). The van der Waals surface area contributed by atoms with Gasteiger partial charge in [0.15, 0.2) is 11.5 Å². The minimum atomic E-state index is -1.69. The molecule has 0 aliphatic carbocycles. The van der Waals surface area contributed by atoms with Crippen molar-refractivity contribution >= 4 is 41.0 Å². The number of ether oxygens (including phenoxy) is 2. The molecule has 0 aliphatic rings. The quantitative estimate of drug-likeness (QED) is 0.594. The van der Waals surface area contributed by atoms with Crippen molar-refractivity contribution in [3.8, 4) is 22.6 Å². The molecule has 0 saturated heterocycles. The van der Waals surface area contributed by atoms with Crippen LogP contribution in [0.3, 0.4) is 0 Å². The van der Waals surface area contributed by atoms with Gasteiger partial charge in [-0.25, -0.2) is 9.59 Å². The molecule has 0 aliphatic heterocycles. The molecule has 1 aromatic carbocycles. The van der Waals surface area contributed by atoms with Crippen LogP contribution < -0.4 is 20.8 Å². The van der Waals surface area contributed by atoms with Crippen LogP contribution in [0.4, 0.5) is 5.82 Å². The van der Waals surface area contributed by atoms with Gasteiger partial charge >= 0.3 is 11.9 Å². The van der Waals surface area contributed by atoms with E-state index in [-0.39, 0.29) is 27.1 Å². The zero-order valence-corrected chi connectivity index (χ0v) is 14.9. The SMILES string of the molecule is COc1cc(Cl)c(-c2c(C(=O)O)c(N)[nH]c(=O)c2C(=O)O)c(Cl)c1OC. The fourth-order valence-electron chi connectivity index (χ4n) is 2.45. The second kappa shape index (κ2) is 7.14. The van der Waals surface area contributed by atoms with Crippen LogP contribution in [-0.4, -0.2) is 41.4 Å². The van der Waals surface area contributed by atoms with Crippen LogP contribution in [0, 0.1) is 0 Å². The summed E-state index contributed by atoms with van der Waals surface area (Å²) in [7, 11) is 2.59. The predicted molar refractivity (Wildman–Crippen MR) is 94.0 cm³/mol. The highest BCUT2D eigenvalue weighted by atomic mass is 35.5. The summed E-state index contributed by atoms with van der Waals surface area (Å²) in [6, 6.07) is 1.25. The van der Waals surface area contributed by atoms with Crippen LogP contribution in [0.5, 0.6) is 11.5 Å². The molecule has 2 rings (SSSR count). The monoisotopic (exact) mass is 402 g/mol. The number of halogens is 2. The number of anilines is 1. The van der Waals surface area contributed by atoms with E-state index in [1.807, 2.05) is 4.98 Å². The summed E-state index contributed by atoms with van der Waals surface area (Å²) >= 11 is 12.4. The van der Waals surface area contributed by atoms with E-state index in [2.05, 4.69) is 0 Å². The molecule has 0 bridgehead atoms. The topological polar surface area (TPSA) is 152 Å². The third-order valence-corrected chi connectivity index (χ3v) is 4.14. The number of aromatic carboxylic acids is 2. The first kappa shape index (κ1) is 19.4. The van der Waals surface area contributed by atoms with Gasteiger partial charge in [-0.1, -0.05) is 23.2 Å². The summed E-state index contributed by atoms with van der Waals surface area (Å²) < 4.78 is 10.2. The van der Waals surface area contributed by atoms with Crippen LogP contribution in [-0.2, 0) is 0 Å². The molecule has 26 heavy (non-hydrogen) atoms. The average Bonchev–Trinajstić information content (AvgIpc) is 2.52. The number of rotatable bonds is 5. The number of aromatic nitrogens is 1. The third kappa shape index (κ3) is 3.02. The van der Waals surface area contributed by atoms with Gasteiger partial charge in [0.25, 0.3) is 5.56 Å². The first-order valence-corrected chi connectivity index (χ1v) is 7.53.